The van der Waals surface area contributed by atoms with Gasteiger partial charge in [-0.05, 0) is 30.5 Å². The molecule has 3 heteroatoms. The second-order valence-corrected chi connectivity index (χ2v) is 4.52. The van der Waals surface area contributed by atoms with E-state index in [0.29, 0.717) is 11.4 Å². The van der Waals surface area contributed by atoms with E-state index in [4.69, 9.17) is 17.3 Å². The number of amides is 1. The van der Waals surface area contributed by atoms with Crippen LogP contribution in [0.1, 0.15) is 25.8 Å². The molecule has 0 fully saturated rings. The van der Waals surface area contributed by atoms with Crippen molar-refractivity contribution in [2.24, 2.45) is 11.1 Å². The van der Waals surface area contributed by atoms with Gasteiger partial charge in [-0.15, -0.1) is 0 Å². The molecular formula is C12H16ClNO. The number of hydrogen-bond acceptors (Lipinski definition) is 1. The van der Waals surface area contributed by atoms with Crippen LogP contribution in [0.15, 0.2) is 24.3 Å². The van der Waals surface area contributed by atoms with Gasteiger partial charge in [0.05, 0.1) is 0 Å². The molecule has 0 saturated carbocycles. The van der Waals surface area contributed by atoms with E-state index in [-0.39, 0.29) is 5.91 Å². The lowest BCUT2D eigenvalue weighted by atomic mass is 9.80. The third kappa shape index (κ3) is 2.96. The molecule has 82 valence electrons. The Balaban J connectivity index is 2.89. The molecule has 0 aliphatic rings. The van der Waals surface area contributed by atoms with Crippen molar-refractivity contribution in [2.45, 2.75) is 26.7 Å². The molecule has 1 aromatic carbocycles. The first-order valence-corrected chi connectivity index (χ1v) is 5.40. The summed E-state index contributed by atoms with van der Waals surface area (Å²) in [5, 5.41) is 0.690. The van der Waals surface area contributed by atoms with Crippen LogP contribution in [-0.4, -0.2) is 5.91 Å². The van der Waals surface area contributed by atoms with E-state index in [9.17, 15) is 4.79 Å². The van der Waals surface area contributed by atoms with Crippen molar-refractivity contribution in [1.82, 2.24) is 0 Å². The predicted octanol–water partition coefficient (Wildman–Crippen LogP) is 2.78. The molecule has 1 atom stereocenters. The quantitative estimate of drug-likeness (QED) is 0.842. The SMILES string of the molecule is CCC(C)(Cc1cccc(Cl)c1)C(N)=O. The van der Waals surface area contributed by atoms with Gasteiger partial charge >= 0.3 is 0 Å². The van der Waals surface area contributed by atoms with E-state index in [1.807, 2.05) is 38.1 Å². The zero-order valence-electron chi connectivity index (χ0n) is 9.09. The zero-order valence-corrected chi connectivity index (χ0v) is 9.84. The molecule has 1 aromatic rings. The first kappa shape index (κ1) is 12.1. The maximum atomic E-state index is 11.3. The fraction of sp³-hybridized carbons (Fsp3) is 0.417. The molecule has 1 amide bonds. The average Bonchev–Trinajstić information content (AvgIpc) is 2.17. The van der Waals surface area contributed by atoms with Crippen molar-refractivity contribution < 1.29 is 4.79 Å². The lowest BCUT2D eigenvalue weighted by Gasteiger charge is -2.24. The molecule has 2 N–H and O–H groups in total. The number of rotatable bonds is 4. The Bertz CT molecular complexity index is 364. The molecule has 0 aliphatic carbocycles. The van der Waals surface area contributed by atoms with Gasteiger partial charge in [0.15, 0.2) is 0 Å². The van der Waals surface area contributed by atoms with Crippen molar-refractivity contribution in [1.29, 1.82) is 0 Å². The Morgan fingerprint density at radius 1 is 1.53 bits per heavy atom. The molecule has 0 aromatic heterocycles. The number of carbonyl (C=O) groups excluding carboxylic acids is 1. The van der Waals surface area contributed by atoms with E-state index in [1.54, 1.807) is 0 Å². The van der Waals surface area contributed by atoms with Crippen LogP contribution in [0.25, 0.3) is 0 Å². The average molecular weight is 226 g/mol. The summed E-state index contributed by atoms with van der Waals surface area (Å²) in [7, 11) is 0. The van der Waals surface area contributed by atoms with Gasteiger partial charge in [-0.2, -0.15) is 0 Å². The summed E-state index contributed by atoms with van der Waals surface area (Å²) in [6, 6.07) is 7.54. The van der Waals surface area contributed by atoms with E-state index in [0.717, 1.165) is 12.0 Å². The van der Waals surface area contributed by atoms with Crippen LogP contribution in [0, 0.1) is 5.41 Å². The van der Waals surface area contributed by atoms with E-state index >= 15 is 0 Å². The maximum Gasteiger partial charge on any atom is 0.223 e. The Hall–Kier alpha value is -1.02. The zero-order chi connectivity index (χ0) is 11.5. The Morgan fingerprint density at radius 3 is 2.67 bits per heavy atom. The van der Waals surface area contributed by atoms with Gasteiger partial charge in [0, 0.05) is 10.4 Å². The lowest BCUT2D eigenvalue weighted by Crippen LogP contribution is -2.35. The summed E-state index contributed by atoms with van der Waals surface area (Å²) in [6.45, 7) is 3.85. The van der Waals surface area contributed by atoms with E-state index in [1.165, 1.54) is 0 Å². The van der Waals surface area contributed by atoms with Crippen LogP contribution < -0.4 is 5.73 Å². The van der Waals surface area contributed by atoms with Crippen LogP contribution in [0.4, 0.5) is 0 Å². The second-order valence-electron chi connectivity index (χ2n) is 4.09. The number of primary amides is 1. The van der Waals surface area contributed by atoms with E-state index < -0.39 is 5.41 Å². The van der Waals surface area contributed by atoms with Gasteiger partial charge in [-0.25, -0.2) is 0 Å². The smallest absolute Gasteiger partial charge is 0.223 e. The third-order valence-electron chi connectivity index (χ3n) is 2.86. The number of benzene rings is 1. The summed E-state index contributed by atoms with van der Waals surface area (Å²) in [5.74, 6) is -0.259. The molecular weight excluding hydrogens is 210 g/mol. The standard InChI is InChI=1S/C12H16ClNO/c1-3-12(2,11(14)15)8-9-5-4-6-10(13)7-9/h4-7H,3,8H2,1-2H3,(H2,14,15). The van der Waals surface area contributed by atoms with Crippen molar-refractivity contribution in [3.8, 4) is 0 Å². The highest BCUT2D eigenvalue weighted by atomic mass is 35.5. The van der Waals surface area contributed by atoms with Crippen LogP contribution in [0.2, 0.25) is 5.02 Å². The summed E-state index contributed by atoms with van der Waals surface area (Å²) >= 11 is 5.88. The van der Waals surface area contributed by atoms with E-state index in [2.05, 4.69) is 0 Å². The number of nitrogens with two attached hydrogens (primary N) is 1. The van der Waals surface area contributed by atoms with Crippen LogP contribution in [0.3, 0.4) is 0 Å². The van der Waals surface area contributed by atoms with Gasteiger partial charge in [-0.3, -0.25) is 4.79 Å². The second kappa shape index (κ2) is 4.67. The minimum absolute atomic E-state index is 0.259. The van der Waals surface area contributed by atoms with Gasteiger partial charge in [0.1, 0.15) is 0 Å². The van der Waals surface area contributed by atoms with Crippen molar-refractivity contribution >= 4 is 17.5 Å². The van der Waals surface area contributed by atoms with Crippen molar-refractivity contribution in [3.05, 3.63) is 34.9 Å². The molecule has 2 nitrogen and oxygen atoms in total. The molecule has 0 saturated heterocycles. The van der Waals surface area contributed by atoms with Gasteiger partial charge in [0.2, 0.25) is 5.91 Å². The number of hydrogen-bond donors (Lipinski definition) is 1. The minimum atomic E-state index is -0.481. The molecule has 0 aliphatic heterocycles. The molecule has 1 rings (SSSR count). The van der Waals surface area contributed by atoms with Crippen LogP contribution >= 0.6 is 11.6 Å². The first-order chi connectivity index (χ1) is 6.98. The topological polar surface area (TPSA) is 43.1 Å². The molecule has 0 bridgehead atoms. The van der Waals surface area contributed by atoms with Gasteiger partial charge in [-0.1, -0.05) is 37.6 Å². The lowest BCUT2D eigenvalue weighted by molar-refractivity contribution is -0.126. The first-order valence-electron chi connectivity index (χ1n) is 5.02. The highest BCUT2D eigenvalue weighted by molar-refractivity contribution is 6.30. The van der Waals surface area contributed by atoms with Crippen molar-refractivity contribution in [3.63, 3.8) is 0 Å². The monoisotopic (exact) mass is 225 g/mol. The molecule has 0 spiro atoms. The number of halogens is 1. The highest BCUT2D eigenvalue weighted by Gasteiger charge is 2.29. The summed E-state index contributed by atoms with van der Waals surface area (Å²) in [4.78, 5) is 11.3. The minimum Gasteiger partial charge on any atom is -0.369 e. The summed E-state index contributed by atoms with van der Waals surface area (Å²) in [5.41, 5.74) is 5.96. The highest BCUT2D eigenvalue weighted by Crippen LogP contribution is 2.27. The fourth-order valence-corrected chi connectivity index (χ4v) is 1.70. The number of carbonyl (C=O) groups is 1. The van der Waals surface area contributed by atoms with Crippen LogP contribution in [-0.2, 0) is 11.2 Å². The third-order valence-corrected chi connectivity index (χ3v) is 3.09. The summed E-state index contributed by atoms with van der Waals surface area (Å²) < 4.78 is 0. The molecule has 1 unspecified atom stereocenters. The molecule has 0 radical (unpaired) electrons. The normalized spacial score (nSPS) is 14.6. The van der Waals surface area contributed by atoms with Crippen LogP contribution in [0.5, 0.6) is 0 Å². The predicted molar refractivity (Wildman–Crippen MR) is 62.7 cm³/mol. The maximum absolute atomic E-state index is 11.3. The Morgan fingerprint density at radius 2 is 2.20 bits per heavy atom. The molecule has 15 heavy (non-hydrogen) atoms. The van der Waals surface area contributed by atoms with Crippen molar-refractivity contribution in [2.75, 3.05) is 0 Å². The molecule has 0 heterocycles. The van der Waals surface area contributed by atoms with Gasteiger partial charge < -0.3 is 5.73 Å². The fourth-order valence-electron chi connectivity index (χ4n) is 1.48. The largest absolute Gasteiger partial charge is 0.369 e. The summed E-state index contributed by atoms with van der Waals surface area (Å²) in [6.07, 6.45) is 1.37. The Kier molecular flexibility index (Phi) is 3.75. The Labute approximate surface area is 95.4 Å². The van der Waals surface area contributed by atoms with Gasteiger partial charge in [0.25, 0.3) is 0 Å².